The topological polar surface area (TPSA) is 48.4 Å². The molecule has 0 spiro atoms. The predicted octanol–water partition coefficient (Wildman–Crippen LogP) is 3.35. The maximum absolute atomic E-state index is 11.3. The van der Waals surface area contributed by atoms with Crippen LogP contribution in [0.3, 0.4) is 0 Å². The second-order valence-electron chi connectivity index (χ2n) is 4.11. The van der Waals surface area contributed by atoms with Gasteiger partial charge >= 0.3 is 5.97 Å². The van der Waals surface area contributed by atoms with Gasteiger partial charge in [0, 0.05) is 10.7 Å². The van der Waals surface area contributed by atoms with E-state index in [0.29, 0.717) is 18.8 Å². The number of carbonyl (C=O) groups is 1. The molecule has 104 valence electrons. The highest BCUT2D eigenvalue weighted by Gasteiger charge is 2.05. The van der Waals surface area contributed by atoms with Crippen molar-refractivity contribution >= 4 is 21.9 Å². The number of pyridine rings is 1. The molecule has 0 bridgehead atoms. The van der Waals surface area contributed by atoms with E-state index in [4.69, 9.17) is 4.74 Å². The molecule has 2 rings (SSSR count). The van der Waals surface area contributed by atoms with Gasteiger partial charge < -0.3 is 9.47 Å². The van der Waals surface area contributed by atoms with Crippen LogP contribution in [0.2, 0.25) is 0 Å². The molecule has 1 aromatic carbocycles. The number of halogens is 1. The van der Waals surface area contributed by atoms with Crippen molar-refractivity contribution in [2.75, 3.05) is 7.11 Å². The summed E-state index contributed by atoms with van der Waals surface area (Å²) >= 11 is 3.47. The minimum Gasteiger partial charge on any atom is -0.465 e. The molecule has 0 fully saturated rings. The molecule has 1 aromatic heterocycles. The Balaban J connectivity index is 1.88. The van der Waals surface area contributed by atoms with Crippen molar-refractivity contribution in [1.82, 2.24) is 4.98 Å². The second-order valence-corrected chi connectivity index (χ2v) is 4.97. The van der Waals surface area contributed by atoms with Crippen LogP contribution in [0.5, 0.6) is 0 Å². The maximum Gasteiger partial charge on any atom is 0.339 e. The molecular formula is C15H14BrNO3. The molecule has 0 atom stereocenters. The van der Waals surface area contributed by atoms with Crippen LogP contribution in [0.4, 0.5) is 0 Å². The van der Waals surface area contributed by atoms with Gasteiger partial charge in [0.1, 0.15) is 0 Å². The fourth-order valence-corrected chi connectivity index (χ4v) is 2.03. The minimum atomic E-state index is -0.391. The summed E-state index contributed by atoms with van der Waals surface area (Å²) in [6.07, 6.45) is 1.49. The van der Waals surface area contributed by atoms with E-state index in [0.717, 1.165) is 15.7 Å². The number of aromatic nitrogens is 1. The number of methoxy groups -OCH3 is 1. The highest BCUT2D eigenvalue weighted by atomic mass is 79.9. The first-order chi connectivity index (χ1) is 9.70. The van der Waals surface area contributed by atoms with Crippen LogP contribution in [-0.2, 0) is 22.7 Å². The third-order valence-electron chi connectivity index (χ3n) is 2.71. The molecule has 20 heavy (non-hydrogen) atoms. The first-order valence-corrected chi connectivity index (χ1v) is 6.84. The molecule has 0 amide bonds. The predicted molar refractivity (Wildman–Crippen MR) is 78.2 cm³/mol. The molecule has 0 saturated carbocycles. The number of ether oxygens (including phenoxy) is 2. The van der Waals surface area contributed by atoms with Gasteiger partial charge in [-0.05, 0) is 23.8 Å². The van der Waals surface area contributed by atoms with Crippen LogP contribution >= 0.6 is 15.9 Å². The van der Waals surface area contributed by atoms with Crippen LogP contribution in [0, 0.1) is 0 Å². The van der Waals surface area contributed by atoms with Gasteiger partial charge in [-0.3, -0.25) is 4.98 Å². The normalized spacial score (nSPS) is 10.3. The molecule has 0 aliphatic rings. The van der Waals surface area contributed by atoms with E-state index in [1.54, 1.807) is 12.1 Å². The Morgan fingerprint density at radius 1 is 1.20 bits per heavy atom. The molecule has 1 heterocycles. The molecule has 5 heteroatoms. The number of rotatable bonds is 5. The third kappa shape index (κ3) is 3.88. The minimum absolute atomic E-state index is 0.391. The molecule has 0 aliphatic carbocycles. The highest BCUT2D eigenvalue weighted by Crippen LogP contribution is 2.17. The van der Waals surface area contributed by atoms with Gasteiger partial charge in [0.25, 0.3) is 0 Å². The van der Waals surface area contributed by atoms with Crippen molar-refractivity contribution in [3.63, 3.8) is 0 Å². The van der Waals surface area contributed by atoms with E-state index in [1.165, 1.54) is 13.3 Å². The lowest BCUT2D eigenvalue weighted by Gasteiger charge is -2.06. The molecular weight excluding hydrogens is 322 g/mol. The van der Waals surface area contributed by atoms with Crippen molar-refractivity contribution in [3.05, 3.63) is 63.9 Å². The van der Waals surface area contributed by atoms with Gasteiger partial charge in [-0.1, -0.05) is 34.1 Å². The number of carbonyl (C=O) groups excluding carboxylic acids is 1. The zero-order valence-corrected chi connectivity index (χ0v) is 12.6. The monoisotopic (exact) mass is 335 g/mol. The lowest BCUT2D eigenvalue weighted by molar-refractivity contribution is 0.0600. The first-order valence-electron chi connectivity index (χ1n) is 6.05. The Labute approximate surface area is 125 Å². The Hall–Kier alpha value is -1.72. The molecule has 0 aliphatic heterocycles. The van der Waals surface area contributed by atoms with Gasteiger partial charge in [-0.2, -0.15) is 0 Å². The average Bonchev–Trinajstić information content (AvgIpc) is 2.49. The maximum atomic E-state index is 11.3. The second kappa shape index (κ2) is 7.17. The summed E-state index contributed by atoms with van der Waals surface area (Å²) in [6.45, 7) is 0.893. The Morgan fingerprint density at radius 3 is 2.65 bits per heavy atom. The summed E-state index contributed by atoms with van der Waals surface area (Å²) < 4.78 is 11.2. The van der Waals surface area contributed by atoms with Gasteiger partial charge in [-0.25, -0.2) is 4.79 Å². The molecule has 0 saturated heterocycles. The number of hydrogen-bond donors (Lipinski definition) is 0. The first kappa shape index (κ1) is 14.7. The van der Waals surface area contributed by atoms with E-state index < -0.39 is 5.97 Å². The summed E-state index contributed by atoms with van der Waals surface area (Å²) in [5, 5.41) is 0. The smallest absolute Gasteiger partial charge is 0.339 e. The standard InChI is InChI=1S/C15H14BrNO3/c1-19-15(18)11-6-7-13(17-8-11)10-20-9-12-4-2-3-5-14(12)16/h2-8H,9-10H2,1H3. The molecule has 0 N–H and O–H groups in total. The Kier molecular flexibility index (Phi) is 5.26. The lowest BCUT2D eigenvalue weighted by atomic mass is 10.2. The fraction of sp³-hybridized carbons (Fsp3) is 0.200. The molecule has 0 radical (unpaired) electrons. The van der Waals surface area contributed by atoms with E-state index in [2.05, 4.69) is 25.7 Å². The van der Waals surface area contributed by atoms with Crippen LogP contribution in [-0.4, -0.2) is 18.1 Å². The van der Waals surface area contributed by atoms with Crippen LogP contribution < -0.4 is 0 Å². The SMILES string of the molecule is COC(=O)c1ccc(COCc2ccccc2Br)nc1. The summed E-state index contributed by atoms with van der Waals surface area (Å²) in [4.78, 5) is 15.4. The van der Waals surface area contributed by atoms with Crippen LogP contribution in [0.15, 0.2) is 47.1 Å². The summed E-state index contributed by atoms with van der Waals surface area (Å²) in [7, 11) is 1.34. The quantitative estimate of drug-likeness (QED) is 0.786. The third-order valence-corrected chi connectivity index (χ3v) is 3.48. The van der Waals surface area contributed by atoms with E-state index in [9.17, 15) is 4.79 Å². The fourth-order valence-electron chi connectivity index (χ4n) is 1.63. The van der Waals surface area contributed by atoms with Crippen LogP contribution in [0.1, 0.15) is 21.6 Å². The van der Waals surface area contributed by atoms with Gasteiger partial charge in [-0.15, -0.1) is 0 Å². The lowest BCUT2D eigenvalue weighted by Crippen LogP contribution is -2.03. The molecule has 2 aromatic rings. The Bertz CT molecular complexity index is 584. The van der Waals surface area contributed by atoms with Crippen LogP contribution in [0.25, 0.3) is 0 Å². The largest absolute Gasteiger partial charge is 0.465 e. The zero-order chi connectivity index (χ0) is 14.4. The van der Waals surface area contributed by atoms with Crippen molar-refractivity contribution in [2.45, 2.75) is 13.2 Å². The van der Waals surface area contributed by atoms with E-state index in [-0.39, 0.29) is 0 Å². The van der Waals surface area contributed by atoms with E-state index in [1.807, 2.05) is 24.3 Å². The molecule has 4 nitrogen and oxygen atoms in total. The van der Waals surface area contributed by atoms with Crippen molar-refractivity contribution in [2.24, 2.45) is 0 Å². The number of nitrogens with zero attached hydrogens (tertiary/aromatic N) is 1. The van der Waals surface area contributed by atoms with Crippen molar-refractivity contribution in [3.8, 4) is 0 Å². The van der Waals surface area contributed by atoms with Gasteiger partial charge in [0.05, 0.1) is 31.6 Å². The van der Waals surface area contributed by atoms with E-state index >= 15 is 0 Å². The highest BCUT2D eigenvalue weighted by molar-refractivity contribution is 9.10. The summed E-state index contributed by atoms with van der Waals surface area (Å²) in [6, 6.07) is 11.3. The number of benzene rings is 1. The molecule has 0 unspecified atom stereocenters. The van der Waals surface area contributed by atoms with Gasteiger partial charge in [0.15, 0.2) is 0 Å². The summed E-state index contributed by atoms with van der Waals surface area (Å²) in [5.74, 6) is -0.391. The number of hydrogen-bond acceptors (Lipinski definition) is 4. The van der Waals surface area contributed by atoms with Crippen molar-refractivity contribution in [1.29, 1.82) is 0 Å². The van der Waals surface area contributed by atoms with Gasteiger partial charge in [0.2, 0.25) is 0 Å². The zero-order valence-electron chi connectivity index (χ0n) is 11.0. The Morgan fingerprint density at radius 2 is 2.00 bits per heavy atom. The number of esters is 1. The average molecular weight is 336 g/mol. The van der Waals surface area contributed by atoms with Crippen molar-refractivity contribution < 1.29 is 14.3 Å². The summed E-state index contributed by atoms with van der Waals surface area (Å²) in [5.41, 5.74) is 2.28.